The SMILES string of the molecule is O=C(O)c1cccc(C(=O)NCCc2ccsc2)c1. The van der Waals surface area contributed by atoms with Crippen molar-refractivity contribution in [1.29, 1.82) is 0 Å². The van der Waals surface area contributed by atoms with Gasteiger partial charge >= 0.3 is 5.97 Å². The largest absolute Gasteiger partial charge is 0.478 e. The van der Waals surface area contributed by atoms with Gasteiger partial charge in [-0.15, -0.1) is 0 Å². The molecule has 0 radical (unpaired) electrons. The van der Waals surface area contributed by atoms with E-state index in [4.69, 9.17) is 5.11 Å². The molecule has 2 rings (SSSR count). The first-order chi connectivity index (χ1) is 9.16. The van der Waals surface area contributed by atoms with Crippen molar-refractivity contribution in [2.45, 2.75) is 6.42 Å². The number of carbonyl (C=O) groups excluding carboxylic acids is 1. The van der Waals surface area contributed by atoms with Crippen LogP contribution in [0.4, 0.5) is 0 Å². The Morgan fingerprint density at radius 2 is 2.00 bits per heavy atom. The lowest BCUT2D eigenvalue weighted by molar-refractivity contribution is 0.0697. The fraction of sp³-hybridized carbons (Fsp3) is 0.143. The van der Waals surface area contributed by atoms with Gasteiger partial charge in [-0.3, -0.25) is 4.79 Å². The van der Waals surface area contributed by atoms with Crippen LogP contribution in [-0.4, -0.2) is 23.5 Å². The normalized spacial score (nSPS) is 10.1. The smallest absolute Gasteiger partial charge is 0.335 e. The predicted octanol–water partition coefficient (Wildman–Crippen LogP) is 2.42. The minimum Gasteiger partial charge on any atom is -0.478 e. The van der Waals surface area contributed by atoms with Crippen molar-refractivity contribution in [3.05, 3.63) is 57.8 Å². The molecule has 0 atom stereocenters. The highest BCUT2D eigenvalue weighted by atomic mass is 32.1. The van der Waals surface area contributed by atoms with Crippen LogP contribution < -0.4 is 5.32 Å². The summed E-state index contributed by atoms with van der Waals surface area (Å²) in [6, 6.07) is 8.03. The van der Waals surface area contributed by atoms with Crippen LogP contribution in [-0.2, 0) is 6.42 Å². The highest BCUT2D eigenvalue weighted by Gasteiger charge is 2.08. The second-order valence-corrected chi connectivity index (χ2v) is 4.80. The molecule has 1 heterocycles. The molecule has 0 saturated heterocycles. The van der Waals surface area contributed by atoms with Crippen LogP contribution in [0.25, 0.3) is 0 Å². The standard InChI is InChI=1S/C14H13NO3S/c16-13(15-6-4-10-5-7-19-9-10)11-2-1-3-12(8-11)14(17)18/h1-3,5,7-9H,4,6H2,(H,15,16)(H,17,18). The van der Waals surface area contributed by atoms with Crippen LogP contribution in [0, 0.1) is 0 Å². The average molecular weight is 275 g/mol. The third kappa shape index (κ3) is 3.66. The summed E-state index contributed by atoms with van der Waals surface area (Å²) in [5.74, 6) is -1.29. The van der Waals surface area contributed by atoms with Gasteiger partial charge in [-0.2, -0.15) is 11.3 Å². The van der Waals surface area contributed by atoms with Gasteiger partial charge in [-0.25, -0.2) is 4.79 Å². The van der Waals surface area contributed by atoms with Crippen LogP contribution in [0.5, 0.6) is 0 Å². The molecule has 1 aromatic carbocycles. The maximum Gasteiger partial charge on any atom is 0.335 e. The number of carbonyl (C=O) groups is 2. The first-order valence-corrected chi connectivity index (χ1v) is 6.74. The van der Waals surface area contributed by atoms with Gasteiger partial charge in [0.2, 0.25) is 0 Å². The Labute approximate surface area is 114 Å². The first-order valence-electron chi connectivity index (χ1n) is 5.79. The van der Waals surface area contributed by atoms with Crippen LogP contribution in [0.1, 0.15) is 26.3 Å². The molecule has 0 saturated carbocycles. The zero-order chi connectivity index (χ0) is 13.7. The highest BCUT2D eigenvalue weighted by molar-refractivity contribution is 7.07. The number of carboxylic acids is 1. The lowest BCUT2D eigenvalue weighted by Crippen LogP contribution is -2.25. The van der Waals surface area contributed by atoms with Crippen LogP contribution in [0.15, 0.2) is 41.1 Å². The van der Waals surface area contributed by atoms with Gasteiger partial charge in [-0.1, -0.05) is 6.07 Å². The van der Waals surface area contributed by atoms with E-state index in [1.807, 2.05) is 16.8 Å². The number of hydrogen-bond donors (Lipinski definition) is 2. The monoisotopic (exact) mass is 275 g/mol. The van der Waals surface area contributed by atoms with Crippen molar-refractivity contribution in [3.63, 3.8) is 0 Å². The fourth-order valence-electron chi connectivity index (χ4n) is 1.65. The molecule has 0 aliphatic heterocycles. The average Bonchev–Trinajstić information content (AvgIpc) is 2.92. The van der Waals surface area contributed by atoms with Gasteiger partial charge < -0.3 is 10.4 Å². The van der Waals surface area contributed by atoms with Gasteiger partial charge in [0.25, 0.3) is 5.91 Å². The van der Waals surface area contributed by atoms with Crippen LogP contribution in [0.3, 0.4) is 0 Å². The Bertz CT molecular complexity index is 578. The Morgan fingerprint density at radius 1 is 1.21 bits per heavy atom. The molecule has 2 N–H and O–H groups in total. The first kappa shape index (κ1) is 13.3. The molecule has 2 aromatic rings. The third-order valence-electron chi connectivity index (χ3n) is 2.65. The Kier molecular flexibility index (Phi) is 4.30. The van der Waals surface area contributed by atoms with Crippen LogP contribution >= 0.6 is 11.3 Å². The number of hydrogen-bond acceptors (Lipinski definition) is 3. The number of rotatable bonds is 5. The number of carboxylic acid groups (broad SMARTS) is 1. The van der Waals surface area contributed by atoms with Crippen molar-refractivity contribution >= 4 is 23.2 Å². The Balaban J connectivity index is 1.92. The van der Waals surface area contributed by atoms with E-state index in [1.165, 1.54) is 17.7 Å². The Morgan fingerprint density at radius 3 is 2.68 bits per heavy atom. The number of benzene rings is 1. The number of thiophene rings is 1. The molecule has 0 aliphatic rings. The maximum absolute atomic E-state index is 11.8. The third-order valence-corrected chi connectivity index (χ3v) is 3.38. The quantitative estimate of drug-likeness (QED) is 0.880. The lowest BCUT2D eigenvalue weighted by Gasteiger charge is -2.05. The van der Waals surface area contributed by atoms with Gasteiger partial charge in [0.1, 0.15) is 0 Å². The molecule has 0 spiro atoms. The van der Waals surface area contributed by atoms with E-state index in [0.717, 1.165) is 6.42 Å². The summed E-state index contributed by atoms with van der Waals surface area (Å²) in [6.45, 7) is 0.535. The van der Waals surface area contributed by atoms with Crippen molar-refractivity contribution in [2.75, 3.05) is 6.54 Å². The van der Waals surface area contributed by atoms with Crippen molar-refractivity contribution < 1.29 is 14.7 Å². The molecule has 0 unspecified atom stereocenters. The molecule has 1 aromatic heterocycles. The van der Waals surface area contributed by atoms with Gasteiger partial charge in [0.15, 0.2) is 0 Å². The molecule has 0 bridgehead atoms. The minimum absolute atomic E-state index is 0.116. The van der Waals surface area contributed by atoms with Crippen LogP contribution in [0.2, 0.25) is 0 Å². The van der Waals surface area contributed by atoms with E-state index in [-0.39, 0.29) is 11.5 Å². The molecule has 4 nitrogen and oxygen atoms in total. The Hall–Kier alpha value is -2.14. The number of amides is 1. The molecule has 98 valence electrons. The van der Waals surface area contributed by atoms with E-state index >= 15 is 0 Å². The van der Waals surface area contributed by atoms with Gasteiger partial charge in [-0.05, 0) is 47.0 Å². The summed E-state index contributed by atoms with van der Waals surface area (Å²) in [7, 11) is 0. The van der Waals surface area contributed by atoms with Crippen molar-refractivity contribution in [2.24, 2.45) is 0 Å². The van der Waals surface area contributed by atoms with Gasteiger partial charge in [0.05, 0.1) is 5.56 Å². The predicted molar refractivity (Wildman–Crippen MR) is 73.8 cm³/mol. The second kappa shape index (κ2) is 6.15. The molecule has 0 fully saturated rings. The van der Waals surface area contributed by atoms with Crippen molar-refractivity contribution in [3.8, 4) is 0 Å². The molecule has 19 heavy (non-hydrogen) atoms. The van der Waals surface area contributed by atoms with Gasteiger partial charge in [0, 0.05) is 12.1 Å². The summed E-state index contributed by atoms with van der Waals surface area (Å²) in [5, 5.41) is 15.7. The topological polar surface area (TPSA) is 66.4 Å². The molecular formula is C14H13NO3S. The lowest BCUT2D eigenvalue weighted by atomic mass is 10.1. The summed E-state index contributed by atoms with van der Waals surface area (Å²) < 4.78 is 0. The van der Waals surface area contributed by atoms with Crippen molar-refractivity contribution in [1.82, 2.24) is 5.32 Å². The van der Waals surface area contributed by atoms with E-state index < -0.39 is 5.97 Å². The van der Waals surface area contributed by atoms with E-state index in [0.29, 0.717) is 12.1 Å². The molecular weight excluding hydrogens is 262 g/mol. The summed E-state index contributed by atoms with van der Waals surface area (Å²) >= 11 is 1.62. The zero-order valence-electron chi connectivity index (χ0n) is 10.1. The number of aromatic carboxylic acids is 1. The maximum atomic E-state index is 11.8. The second-order valence-electron chi connectivity index (χ2n) is 4.02. The minimum atomic E-state index is -1.03. The molecule has 5 heteroatoms. The highest BCUT2D eigenvalue weighted by Crippen LogP contribution is 2.07. The van der Waals surface area contributed by atoms with E-state index in [2.05, 4.69) is 5.32 Å². The summed E-state index contributed by atoms with van der Waals surface area (Å²) in [5.41, 5.74) is 1.67. The molecule has 0 aliphatic carbocycles. The summed E-state index contributed by atoms with van der Waals surface area (Å²) in [4.78, 5) is 22.7. The summed E-state index contributed by atoms with van der Waals surface area (Å²) in [6.07, 6.45) is 0.772. The fourth-order valence-corrected chi connectivity index (χ4v) is 2.35. The number of nitrogens with one attached hydrogen (secondary N) is 1. The van der Waals surface area contributed by atoms with E-state index in [9.17, 15) is 9.59 Å². The zero-order valence-corrected chi connectivity index (χ0v) is 10.9. The molecule has 1 amide bonds. The van der Waals surface area contributed by atoms with E-state index in [1.54, 1.807) is 23.5 Å².